The molecule has 1 fully saturated rings. The van der Waals surface area contributed by atoms with Crippen LogP contribution >= 0.6 is 0 Å². The fourth-order valence-corrected chi connectivity index (χ4v) is 3.21. The molecule has 1 N–H and O–H groups in total. The van der Waals surface area contributed by atoms with Gasteiger partial charge in [0, 0.05) is 49.8 Å². The second-order valence-electron chi connectivity index (χ2n) is 6.00. The number of rotatable bonds is 3. The van der Waals surface area contributed by atoms with Gasteiger partial charge in [-0.1, -0.05) is 0 Å². The first-order valence-electron chi connectivity index (χ1n) is 7.48. The SMILES string of the molecule is COc1cc2c(c(CN3CCN[C@@H](C)C3)c1)OC(C)C2. The molecule has 0 bridgehead atoms. The van der Waals surface area contributed by atoms with Gasteiger partial charge in [-0.2, -0.15) is 0 Å². The van der Waals surface area contributed by atoms with Gasteiger partial charge in [-0.25, -0.2) is 0 Å². The van der Waals surface area contributed by atoms with Gasteiger partial charge in [-0.3, -0.25) is 4.90 Å². The Balaban J connectivity index is 1.83. The minimum absolute atomic E-state index is 0.276. The molecule has 0 amide bonds. The highest BCUT2D eigenvalue weighted by Crippen LogP contribution is 2.36. The van der Waals surface area contributed by atoms with E-state index in [1.807, 2.05) is 0 Å². The molecule has 4 heteroatoms. The molecule has 20 heavy (non-hydrogen) atoms. The van der Waals surface area contributed by atoms with Crippen LogP contribution in [0.4, 0.5) is 0 Å². The van der Waals surface area contributed by atoms with E-state index in [2.05, 4.69) is 36.2 Å². The maximum absolute atomic E-state index is 6.01. The third-order valence-corrected chi connectivity index (χ3v) is 4.13. The van der Waals surface area contributed by atoms with E-state index in [-0.39, 0.29) is 6.10 Å². The molecule has 0 aromatic heterocycles. The molecular formula is C16H24N2O2. The predicted octanol–water partition coefficient (Wildman–Crippen LogP) is 1.81. The second kappa shape index (κ2) is 5.62. The smallest absolute Gasteiger partial charge is 0.127 e. The van der Waals surface area contributed by atoms with Crippen LogP contribution in [-0.4, -0.2) is 43.8 Å². The summed E-state index contributed by atoms with van der Waals surface area (Å²) >= 11 is 0. The molecule has 2 heterocycles. The van der Waals surface area contributed by atoms with Crippen LogP contribution in [-0.2, 0) is 13.0 Å². The first-order chi connectivity index (χ1) is 9.65. The van der Waals surface area contributed by atoms with Crippen molar-refractivity contribution < 1.29 is 9.47 Å². The standard InChI is InChI=1S/C16H24N2O2/c1-11-9-18(5-4-17-11)10-14-8-15(19-3)7-13-6-12(2)20-16(13)14/h7-8,11-12,17H,4-6,9-10H2,1-3H3/t11-,12?/m0/s1. The average Bonchev–Trinajstić information content (AvgIpc) is 2.79. The van der Waals surface area contributed by atoms with E-state index in [4.69, 9.17) is 9.47 Å². The summed E-state index contributed by atoms with van der Waals surface area (Å²) in [6.07, 6.45) is 1.26. The van der Waals surface area contributed by atoms with Crippen LogP contribution in [0.1, 0.15) is 25.0 Å². The molecule has 0 radical (unpaired) electrons. The summed E-state index contributed by atoms with van der Waals surface area (Å²) in [6, 6.07) is 4.80. The van der Waals surface area contributed by atoms with Crippen molar-refractivity contribution in [2.75, 3.05) is 26.7 Å². The first kappa shape index (κ1) is 13.7. The summed E-state index contributed by atoms with van der Waals surface area (Å²) in [5, 5.41) is 3.48. The molecule has 1 aromatic rings. The average molecular weight is 276 g/mol. The lowest BCUT2D eigenvalue weighted by molar-refractivity contribution is 0.193. The molecule has 1 unspecified atom stereocenters. The molecule has 0 spiro atoms. The Bertz CT molecular complexity index is 490. The minimum atomic E-state index is 0.276. The maximum Gasteiger partial charge on any atom is 0.127 e. The molecule has 4 nitrogen and oxygen atoms in total. The van der Waals surface area contributed by atoms with Gasteiger partial charge < -0.3 is 14.8 Å². The van der Waals surface area contributed by atoms with Gasteiger partial charge in [0.15, 0.2) is 0 Å². The summed E-state index contributed by atoms with van der Waals surface area (Å²) in [6.45, 7) is 8.54. The highest BCUT2D eigenvalue weighted by atomic mass is 16.5. The summed E-state index contributed by atoms with van der Waals surface area (Å²) in [4.78, 5) is 2.49. The van der Waals surface area contributed by atoms with Gasteiger partial charge in [0.2, 0.25) is 0 Å². The van der Waals surface area contributed by atoms with E-state index >= 15 is 0 Å². The summed E-state index contributed by atoms with van der Waals surface area (Å²) in [7, 11) is 1.73. The second-order valence-corrected chi connectivity index (χ2v) is 6.00. The third kappa shape index (κ3) is 2.76. The van der Waals surface area contributed by atoms with Gasteiger partial charge >= 0.3 is 0 Å². The number of hydrogen-bond acceptors (Lipinski definition) is 4. The highest BCUT2D eigenvalue weighted by Gasteiger charge is 2.25. The minimum Gasteiger partial charge on any atom is -0.497 e. The Hall–Kier alpha value is -1.26. The normalized spacial score (nSPS) is 26.1. The van der Waals surface area contributed by atoms with Crippen molar-refractivity contribution in [2.45, 2.75) is 39.0 Å². The number of methoxy groups -OCH3 is 1. The van der Waals surface area contributed by atoms with Crippen LogP contribution < -0.4 is 14.8 Å². The zero-order chi connectivity index (χ0) is 14.1. The van der Waals surface area contributed by atoms with Crippen LogP contribution in [0.25, 0.3) is 0 Å². The van der Waals surface area contributed by atoms with Crippen LogP contribution in [0.5, 0.6) is 11.5 Å². The molecule has 1 aromatic carbocycles. The van der Waals surface area contributed by atoms with Crippen molar-refractivity contribution in [1.29, 1.82) is 0 Å². The Morgan fingerprint density at radius 3 is 3.00 bits per heavy atom. The molecular weight excluding hydrogens is 252 g/mol. The van der Waals surface area contributed by atoms with Gasteiger partial charge in [0.05, 0.1) is 7.11 Å². The van der Waals surface area contributed by atoms with E-state index < -0.39 is 0 Å². The molecule has 0 saturated carbocycles. The fourth-order valence-electron chi connectivity index (χ4n) is 3.21. The van der Waals surface area contributed by atoms with Crippen LogP contribution in [0, 0.1) is 0 Å². The van der Waals surface area contributed by atoms with E-state index in [1.165, 1.54) is 11.1 Å². The third-order valence-electron chi connectivity index (χ3n) is 4.13. The van der Waals surface area contributed by atoms with Gasteiger partial charge in [0.25, 0.3) is 0 Å². The van der Waals surface area contributed by atoms with Crippen molar-refractivity contribution in [3.05, 3.63) is 23.3 Å². The molecule has 2 aliphatic heterocycles. The lowest BCUT2D eigenvalue weighted by Gasteiger charge is -2.32. The van der Waals surface area contributed by atoms with Gasteiger partial charge in [-0.05, 0) is 26.0 Å². The largest absolute Gasteiger partial charge is 0.497 e. The highest BCUT2D eigenvalue weighted by molar-refractivity contribution is 5.49. The monoisotopic (exact) mass is 276 g/mol. The number of piperazine rings is 1. The van der Waals surface area contributed by atoms with Gasteiger partial charge in [-0.15, -0.1) is 0 Å². The van der Waals surface area contributed by atoms with Crippen LogP contribution in [0.15, 0.2) is 12.1 Å². The zero-order valence-corrected chi connectivity index (χ0v) is 12.6. The number of ether oxygens (including phenoxy) is 2. The number of hydrogen-bond donors (Lipinski definition) is 1. The Morgan fingerprint density at radius 1 is 1.40 bits per heavy atom. The van der Waals surface area contributed by atoms with Crippen molar-refractivity contribution in [3.63, 3.8) is 0 Å². The first-order valence-corrected chi connectivity index (χ1v) is 7.48. The van der Waals surface area contributed by atoms with Crippen molar-refractivity contribution in [1.82, 2.24) is 10.2 Å². The number of nitrogens with zero attached hydrogens (tertiary/aromatic N) is 1. The van der Waals surface area contributed by atoms with E-state index in [0.29, 0.717) is 6.04 Å². The van der Waals surface area contributed by atoms with Crippen LogP contribution in [0.2, 0.25) is 0 Å². The maximum atomic E-state index is 6.01. The quantitative estimate of drug-likeness (QED) is 0.913. The van der Waals surface area contributed by atoms with E-state index in [9.17, 15) is 0 Å². The Labute approximate surface area is 121 Å². The predicted molar refractivity (Wildman–Crippen MR) is 79.5 cm³/mol. The number of nitrogens with one attached hydrogen (secondary N) is 1. The lowest BCUT2D eigenvalue weighted by Crippen LogP contribution is -2.48. The van der Waals surface area contributed by atoms with Gasteiger partial charge in [0.1, 0.15) is 17.6 Å². The molecule has 2 atom stereocenters. The zero-order valence-electron chi connectivity index (χ0n) is 12.6. The summed E-state index contributed by atoms with van der Waals surface area (Å²) in [5.74, 6) is 2.03. The van der Waals surface area contributed by atoms with Crippen molar-refractivity contribution >= 4 is 0 Å². The van der Waals surface area contributed by atoms with Crippen LogP contribution in [0.3, 0.4) is 0 Å². The lowest BCUT2D eigenvalue weighted by atomic mass is 10.0. The van der Waals surface area contributed by atoms with Crippen molar-refractivity contribution in [3.8, 4) is 11.5 Å². The molecule has 0 aliphatic carbocycles. The number of benzene rings is 1. The molecule has 110 valence electrons. The Kier molecular flexibility index (Phi) is 3.85. The van der Waals surface area contributed by atoms with Crippen molar-refractivity contribution in [2.24, 2.45) is 0 Å². The number of fused-ring (bicyclic) bond motifs is 1. The summed E-state index contributed by atoms with van der Waals surface area (Å²) < 4.78 is 11.4. The van der Waals surface area contributed by atoms with E-state index in [1.54, 1.807) is 7.11 Å². The molecule has 2 aliphatic rings. The topological polar surface area (TPSA) is 33.7 Å². The summed E-state index contributed by atoms with van der Waals surface area (Å²) in [5.41, 5.74) is 2.55. The van der Waals surface area contributed by atoms with E-state index in [0.717, 1.165) is 44.1 Å². The fraction of sp³-hybridized carbons (Fsp3) is 0.625. The Morgan fingerprint density at radius 2 is 2.25 bits per heavy atom. The molecule has 1 saturated heterocycles. The molecule has 3 rings (SSSR count).